The minimum absolute atomic E-state index is 0.201. The molecular formula is C9H18NO2S+. The molecule has 0 aromatic rings. The minimum Gasteiger partial charge on any atom is -0.458 e. The zero-order chi connectivity index (χ0) is 9.90. The van der Waals surface area contributed by atoms with Crippen LogP contribution in [-0.2, 0) is 9.53 Å². The smallest absolute Gasteiger partial charge is 0.319 e. The average molecular weight is 204 g/mol. The summed E-state index contributed by atoms with van der Waals surface area (Å²) in [4.78, 5) is 11.3. The quantitative estimate of drug-likeness (QED) is 0.490. The predicted molar refractivity (Wildman–Crippen MR) is 53.8 cm³/mol. The van der Waals surface area contributed by atoms with Gasteiger partial charge >= 0.3 is 5.97 Å². The zero-order valence-electron chi connectivity index (χ0n) is 8.25. The van der Waals surface area contributed by atoms with E-state index in [1.807, 2.05) is 6.92 Å². The van der Waals surface area contributed by atoms with Crippen molar-refractivity contribution in [3.63, 3.8) is 0 Å². The summed E-state index contributed by atoms with van der Waals surface area (Å²) in [7, 11) is 0. The van der Waals surface area contributed by atoms with Crippen LogP contribution in [0.2, 0.25) is 0 Å². The van der Waals surface area contributed by atoms with Crippen molar-refractivity contribution in [2.75, 3.05) is 13.1 Å². The van der Waals surface area contributed by atoms with Crippen LogP contribution in [0, 0.1) is 0 Å². The highest BCUT2D eigenvalue weighted by Gasteiger charge is 2.33. The molecule has 1 aliphatic rings. The van der Waals surface area contributed by atoms with E-state index in [2.05, 4.69) is 17.9 Å². The fourth-order valence-corrected chi connectivity index (χ4v) is 1.57. The molecule has 13 heavy (non-hydrogen) atoms. The van der Waals surface area contributed by atoms with Gasteiger partial charge in [-0.25, -0.2) is 0 Å². The standard InChI is InChI=1S/C9H17NO2S/c1-7(13)8(11)12-9(2)3-5-10-6-4-9/h7,10,13H,3-6H2,1-2H3/p+1. The average Bonchev–Trinajstić information content (AvgIpc) is 2.04. The van der Waals surface area contributed by atoms with Gasteiger partial charge in [-0.2, -0.15) is 12.6 Å². The molecule has 76 valence electrons. The van der Waals surface area contributed by atoms with E-state index in [4.69, 9.17) is 4.74 Å². The Morgan fingerprint density at radius 3 is 2.54 bits per heavy atom. The molecule has 0 bridgehead atoms. The van der Waals surface area contributed by atoms with Crippen molar-refractivity contribution in [2.24, 2.45) is 0 Å². The van der Waals surface area contributed by atoms with E-state index in [1.54, 1.807) is 6.92 Å². The Hall–Kier alpha value is -0.220. The summed E-state index contributed by atoms with van der Waals surface area (Å²) in [6.45, 7) is 5.84. The van der Waals surface area contributed by atoms with E-state index in [0.717, 1.165) is 25.9 Å². The van der Waals surface area contributed by atoms with Crippen molar-refractivity contribution in [1.82, 2.24) is 0 Å². The lowest BCUT2D eigenvalue weighted by Crippen LogP contribution is -2.87. The summed E-state index contributed by atoms with van der Waals surface area (Å²) in [5, 5.41) is 1.93. The Morgan fingerprint density at radius 2 is 2.08 bits per heavy atom. The number of carbonyl (C=O) groups excluding carboxylic acids is 1. The van der Waals surface area contributed by atoms with E-state index in [9.17, 15) is 4.79 Å². The predicted octanol–water partition coefficient (Wildman–Crippen LogP) is -0.0362. The highest BCUT2D eigenvalue weighted by atomic mass is 32.1. The molecule has 3 nitrogen and oxygen atoms in total. The third-order valence-corrected chi connectivity index (χ3v) is 2.65. The van der Waals surface area contributed by atoms with Crippen LogP contribution < -0.4 is 5.32 Å². The van der Waals surface area contributed by atoms with E-state index >= 15 is 0 Å². The minimum atomic E-state index is -0.317. The van der Waals surface area contributed by atoms with Crippen LogP contribution in [-0.4, -0.2) is 29.9 Å². The van der Waals surface area contributed by atoms with Crippen LogP contribution in [0.4, 0.5) is 0 Å². The van der Waals surface area contributed by atoms with Gasteiger partial charge < -0.3 is 10.1 Å². The topological polar surface area (TPSA) is 42.9 Å². The number of piperidine rings is 1. The maximum atomic E-state index is 11.3. The number of quaternary nitrogens is 1. The van der Waals surface area contributed by atoms with Gasteiger partial charge in [0.05, 0.1) is 18.3 Å². The summed E-state index contributed by atoms with van der Waals surface area (Å²) in [6.07, 6.45) is 1.89. The number of thiol groups is 1. The summed E-state index contributed by atoms with van der Waals surface area (Å²) in [6, 6.07) is 0. The first-order valence-corrected chi connectivity index (χ1v) is 5.28. The molecule has 1 atom stereocenters. The third-order valence-electron chi connectivity index (χ3n) is 2.44. The second-order valence-corrected chi connectivity index (χ2v) is 4.69. The molecule has 0 aromatic carbocycles. The summed E-state index contributed by atoms with van der Waals surface area (Å²) < 4.78 is 5.40. The number of hydrogen-bond donors (Lipinski definition) is 2. The van der Waals surface area contributed by atoms with Crippen molar-refractivity contribution in [1.29, 1.82) is 0 Å². The van der Waals surface area contributed by atoms with Gasteiger partial charge in [-0.05, 0) is 13.8 Å². The largest absolute Gasteiger partial charge is 0.458 e. The molecule has 0 radical (unpaired) electrons. The number of hydrogen-bond acceptors (Lipinski definition) is 3. The molecule has 0 spiro atoms. The third kappa shape index (κ3) is 3.19. The van der Waals surface area contributed by atoms with Crippen LogP contribution in [0.5, 0.6) is 0 Å². The highest BCUT2D eigenvalue weighted by molar-refractivity contribution is 7.81. The number of nitrogens with two attached hydrogens (primary N) is 1. The summed E-state index contributed by atoms with van der Waals surface area (Å²) in [5.41, 5.74) is -0.247. The fraction of sp³-hybridized carbons (Fsp3) is 0.889. The SMILES string of the molecule is CC(S)C(=O)OC1(C)CC[NH2+]CC1. The van der Waals surface area contributed by atoms with Crippen molar-refractivity contribution in [3.05, 3.63) is 0 Å². The fourth-order valence-electron chi connectivity index (χ4n) is 1.51. The molecule has 1 heterocycles. The first-order valence-electron chi connectivity index (χ1n) is 4.76. The van der Waals surface area contributed by atoms with Gasteiger partial charge in [0.1, 0.15) is 5.60 Å². The van der Waals surface area contributed by atoms with Crippen molar-refractivity contribution in [3.8, 4) is 0 Å². The zero-order valence-corrected chi connectivity index (χ0v) is 9.14. The van der Waals surface area contributed by atoms with Gasteiger partial charge in [-0.1, -0.05) is 0 Å². The molecule has 0 aromatic heterocycles. The molecule has 4 heteroatoms. The monoisotopic (exact) mass is 204 g/mol. The molecule has 2 N–H and O–H groups in total. The molecule has 1 saturated heterocycles. The van der Waals surface area contributed by atoms with Gasteiger partial charge in [-0.3, -0.25) is 4.79 Å². The first-order chi connectivity index (χ1) is 6.03. The van der Waals surface area contributed by atoms with Crippen LogP contribution in [0.25, 0.3) is 0 Å². The highest BCUT2D eigenvalue weighted by Crippen LogP contribution is 2.21. The molecule has 0 saturated carbocycles. The first kappa shape index (κ1) is 10.9. The maximum Gasteiger partial charge on any atom is 0.319 e. The maximum absolute atomic E-state index is 11.3. The molecule has 1 fully saturated rings. The molecule has 1 aliphatic heterocycles. The second kappa shape index (κ2) is 4.33. The molecule has 1 unspecified atom stereocenters. The van der Waals surface area contributed by atoms with Gasteiger partial charge in [0, 0.05) is 12.8 Å². The Labute approximate surface area is 84.6 Å². The van der Waals surface area contributed by atoms with Gasteiger partial charge in [0.25, 0.3) is 0 Å². The Morgan fingerprint density at radius 1 is 1.54 bits per heavy atom. The lowest BCUT2D eigenvalue weighted by atomic mass is 9.94. The van der Waals surface area contributed by atoms with Gasteiger partial charge in [0.2, 0.25) is 0 Å². The van der Waals surface area contributed by atoms with E-state index in [0.29, 0.717) is 0 Å². The van der Waals surface area contributed by atoms with Crippen LogP contribution in [0.15, 0.2) is 0 Å². The van der Waals surface area contributed by atoms with Crippen molar-refractivity contribution >= 4 is 18.6 Å². The summed E-state index contributed by atoms with van der Waals surface area (Å²) >= 11 is 4.05. The summed E-state index contributed by atoms with van der Waals surface area (Å²) in [5.74, 6) is -0.201. The Kier molecular flexibility index (Phi) is 3.62. The Bertz CT molecular complexity index is 188. The number of esters is 1. The van der Waals surface area contributed by atoms with Crippen molar-refractivity contribution < 1.29 is 14.8 Å². The van der Waals surface area contributed by atoms with E-state index in [1.165, 1.54) is 0 Å². The van der Waals surface area contributed by atoms with Gasteiger partial charge in [-0.15, -0.1) is 0 Å². The Balaban J connectivity index is 2.45. The molecule has 0 aliphatic carbocycles. The number of carbonyl (C=O) groups is 1. The van der Waals surface area contributed by atoms with Crippen LogP contribution in [0.1, 0.15) is 26.7 Å². The van der Waals surface area contributed by atoms with E-state index < -0.39 is 0 Å². The molecule has 0 amide bonds. The lowest BCUT2D eigenvalue weighted by molar-refractivity contribution is -0.667. The normalized spacial score (nSPS) is 23.6. The molecular weight excluding hydrogens is 186 g/mol. The molecule has 1 rings (SSSR count). The van der Waals surface area contributed by atoms with Gasteiger partial charge in [0.15, 0.2) is 0 Å². The number of ether oxygens (including phenoxy) is 1. The van der Waals surface area contributed by atoms with E-state index in [-0.39, 0.29) is 16.8 Å². The van der Waals surface area contributed by atoms with Crippen LogP contribution in [0.3, 0.4) is 0 Å². The van der Waals surface area contributed by atoms with Crippen LogP contribution >= 0.6 is 12.6 Å². The number of rotatable bonds is 2. The lowest BCUT2D eigenvalue weighted by Gasteiger charge is -2.32. The van der Waals surface area contributed by atoms with Crippen molar-refractivity contribution in [2.45, 2.75) is 37.5 Å². The second-order valence-electron chi connectivity index (χ2n) is 3.91.